The fraction of sp³-hybridized carbons (Fsp3) is 0.333. The largest absolute Gasteiger partial charge is 0.480 e. The molecule has 0 spiro atoms. The van der Waals surface area contributed by atoms with Crippen LogP contribution in [0.2, 0.25) is 5.02 Å². The lowest BCUT2D eigenvalue weighted by atomic mass is 10.2. The lowest BCUT2D eigenvalue weighted by molar-refractivity contribution is -0.141. The number of benzene rings is 1. The van der Waals surface area contributed by atoms with Crippen molar-refractivity contribution in [1.82, 2.24) is 4.90 Å². The minimum atomic E-state index is -1.04. The van der Waals surface area contributed by atoms with Gasteiger partial charge in [-0.25, -0.2) is 14.0 Å². The monoisotopic (exact) mass is 318 g/mol. The number of hydrogen-bond donors (Lipinski definition) is 2. The van der Waals surface area contributed by atoms with E-state index in [-0.39, 0.29) is 10.7 Å². The first-order valence-electron chi connectivity index (χ1n) is 5.82. The highest BCUT2D eigenvalue weighted by molar-refractivity contribution is 7.99. The maximum Gasteiger partial charge on any atom is 0.327 e. The number of carbonyl (C=O) groups excluding carboxylic acids is 1. The molecule has 2 rings (SSSR count). The number of halogens is 2. The molecule has 1 atom stereocenters. The number of carboxylic acid groups (broad SMARTS) is 1. The van der Waals surface area contributed by atoms with Crippen molar-refractivity contribution in [3.63, 3.8) is 0 Å². The van der Waals surface area contributed by atoms with Gasteiger partial charge in [-0.2, -0.15) is 11.8 Å². The topological polar surface area (TPSA) is 69.6 Å². The van der Waals surface area contributed by atoms with Crippen LogP contribution in [0.3, 0.4) is 0 Å². The van der Waals surface area contributed by atoms with Gasteiger partial charge < -0.3 is 15.3 Å². The van der Waals surface area contributed by atoms with Gasteiger partial charge in [-0.3, -0.25) is 0 Å². The molecule has 0 aliphatic carbocycles. The van der Waals surface area contributed by atoms with Crippen molar-refractivity contribution in [2.75, 3.05) is 23.4 Å². The Bertz CT molecular complexity index is 543. The highest BCUT2D eigenvalue weighted by atomic mass is 35.5. The number of hydrogen-bond acceptors (Lipinski definition) is 3. The van der Waals surface area contributed by atoms with Gasteiger partial charge in [0.25, 0.3) is 0 Å². The molecular weight excluding hydrogens is 307 g/mol. The van der Waals surface area contributed by atoms with E-state index in [1.165, 1.54) is 28.8 Å². The highest BCUT2D eigenvalue weighted by Crippen LogP contribution is 2.24. The van der Waals surface area contributed by atoms with Gasteiger partial charge in [0.1, 0.15) is 11.9 Å². The van der Waals surface area contributed by atoms with Gasteiger partial charge in [-0.1, -0.05) is 11.6 Å². The van der Waals surface area contributed by atoms with Crippen molar-refractivity contribution >= 4 is 41.1 Å². The second-order valence-electron chi connectivity index (χ2n) is 4.18. The number of carbonyl (C=O) groups is 2. The van der Waals surface area contributed by atoms with Crippen LogP contribution in [0.15, 0.2) is 18.2 Å². The number of rotatable bonds is 2. The number of amides is 2. The van der Waals surface area contributed by atoms with Crippen molar-refractivity contribution in [3.8, 4) is 0 Å². The zero-order valence-corrected chi connectivity index (χ0v) is 11.9. The number of carboxylic acids is 1. The van der Waals surface area contributed by atoms with Gasteiger partial charge in [0.2, 0.25) is 0 Å². The van der Waals surface area contributed by atoms with E-state index in [9.17, 15) is 14.0 Å². The third-order valence-electron chi connectivity index (χ3n) is 2.85. The van der Waals surface area contributed by atoms with Crippen molar-refractivity contribution in [2.45, 2.75) is 6.04 Å². The van der Waals surface area contributed by atoms with E-state index in [1.54, 1.807) is 0 Å². The van der Waals surface area contributed by atoms with E-state index < -0.39 is 23.9 Å². The molecule has 1 fully saturated rings. The van der Waals surface area contributed by atoms with Gasteiger partial charge in [-0.15, -0.1) is 0 Å². The molecule has 8 heteroatoms. The fourth-order valence-electron chi connectivity index (χ4n) is 1.83. The molecule has 0 saturated carbocycles. The van der Waals surface area contributed by atoms with Crippen LogP contribution in [0.25, 0.3) is 0 Å². The van der Waals surface area contributed by atoms with E-state index in [2.05, 4.69) is 5.32 Å². The first-order chi connectivity index (χ1) is 9.49. The van der Waals surface area contributed by atoms with Gasteiger partial charge >= 0.3 is 12.0 Å². The summed E-state index contributed by atoms with van der Waals surface area (Å²) in [6.07, 6.45) is 0. The van der Waals surface area contributed by atoms with Gasteiger partial charge in [0.15, 0.2) is 0 Å². The molecule has 1 unspecified atom stereocenters. The summed E-state index contributed by atoms with van der Waals surface area (Å²) in [7, 11) is 0. The average molecular weight is 319 g/mol. The molecular formula is C12H12ClFN2O3S. The summed E-state index contributed by atoms with van der Waals surface area (Å²) in [6, 6.07) is 2.17. The molecule has 1 aromatic rings. The Balaban J connectivity index is 2.12. The standard InChI is InChI=1S/C12H12ClFN2O3S/c13-8-5-7(14)1-2-9(8)15-12(19)16-3-4-20-6-10(16)11(17)18/h1-2,5,10H,3-4,6H2,(H,15,19)(H,17,18). The molecule has 0 bridgehead atoms. The first-order valence-corrected chi connectivity index (χ1v) is 7.35. The van der Waals surface area contributed by atoms with Crippen LogP contribution in [0.4, 0.5) is 14.9 Å². The fourth-order valence-corrected chi connectivity index (χ4v) is 3.08. The second-order valence-corrected chi connectivity index (χ2v) is 5.73. The number of nitrogens with zero attached hydrogens (tertiary/aromatic N) is 1. The van der Waals surface area contributed by atoms with E-state index in [0.29, 0.717) is 18.1 Å². The van der Waals surface area contributed by atoms with Crippen molar-refractivity contribution in [3.05, 3.63) is 29.0 Å². The van der Waals surface area contributed by atoms with E-state index >= 15 is 0 Å². The zero-order valence-electron chi connectivity index (χ0n) is 10.3. The van der Waals surface area contributed by atoms with Crippen LogP contribution in [0, 0.1) is 5.82 Å². The summed E-state index contributed by atoms with van der Waals surface area (Å²) in [4.78, 5) is 24.5. The number of thioether (sulfide) groups is 1. The molecule has 1 aliphatic heterocycles. The highest BCUT2D eigenvalue weighted by Gasteiger charge is 2.32. The normalized spacial score (nSPS) is 18.7. The molecule has 20 heavy (non-hydrogen) atoms. The lowest BCUT2D eigenvalue weighted by Gasteiger charge is -2.32. The molecule has 1 aromatic carbocycles. The Morgan fingerprint density at radius 2 is 2.25 bits per heavy atom. The number of anilines is 1. The molecule has 0 radical (unpaired) electrons. The minimum absolute atomic E-state index is 0.0663. The third-order valence-corrected chi connectivity index (χ3v) is 4.18. The van der Waals surface area contributed by atoms with E-state index in [0.717, 1.165) is 6.07 Å². The van der Waals surface area contributed by atoms with Crippen molar-refractivity contribution < 1.29 is 19.1 Å². The smallest absolute Gasteiger partial charge is 0.327 e. The molecule has 1 heterocycles. The Hall–Kier alpha value is -1.47. The maximum atomic E-state index is 12.9. The lowest BCUT2D eigenvalue weighted by Crippen LogP contribution is -2.51. The Morgan fingerprint density at radius 1 is 1.50 bits per heavy atom. The summed E-state index contributed by atoms with van der Waals surface area (Å²) < 4.78 is 12.9. The molecule has 108 valence electrons. The minimum Gasteiger partial charge on any atom is -0.480 e. The van der Waals surface area contributed by atoms with Crippen molar-refractivity contribution in [2.24, 2.45) is 0 Å². The van der Waals surface area contributed by atoms with Crippen LogP contribution in [-0.4, -0.2) is 46.1 Å². The number of nitrogens with one attached hydrogen (secondary N) is 1. The summed E-state index contributed by atoms with van der Waals surface area (Å²) in [5.74, 6) is -0.530. The van der Waals surface area contributed by atoms with Gasteiger partial charge in [-0.05, 0) is 18.2 Å². The Morgan fingerprint density at radius 3 is 2.90 bits per heavy atom. The third kappa shape index (κ3) is 3.34. The molecule has 2 N–H and O–H groups in total. The SMILES string of the molecule is O=C(O)C1CSCCN1C(=O)Nc1ccc(F)cc1Cl. The summed E-state index contributed by atoms with van der Waals surface area (Å²) in [6.45, 7) is 0.340. The molecule has 1 aliphatic rings. The molecule has 0 aromatic heterocycles. The molecule has 5 nitrogen and oxygen atoms in total. The quantitative estimate of drug-likeness (QED) is 0.879. The Labute approximate surface area is 124 Å². The van der Waals surface area contributed by atoms with Crippen LogP contribution >= 0.6 is 23.4 Å². The van der Waals surface area contributed by atoms with Crippen molar-refractivity contribution in [1.29, 1.82) is 0 Å². The Kier molecular flexibility index (Phi) is 4.72. The summed E-state index contributed by atoms with van der Waals surface area (Å²) in [5.41, 5.74) is 0.250. The first kappa shape index (κ1) is 14.9. The molecule has 2 amide bonds. The maximum absolute atomic E-state index is 12.9. The van der Waals surface area contributed by atoms with Crippen LogP contribution in [-0.2, 0) is 4.79 Å². The van der Waals surface area contributed by atoms with E-state index in [4.69, 9.17) is 16.7 Å². The number of aliphatic carboxylic acids is 1. The summed E-state index contributed by atoms with van der Waals surface area (Å²) in [5, 5.41) is 11.7. The number of urea groups is 1. The molecule has 1 saturated heterocycles. The van der Waals surface area contributed by atoms with Gasteiger partial charge in [0, 0.05) is 18.1 Å². The summed E-state index contributed by atoms with van der Waals surface area (Å²) >= 11 is 7.30. The average Bonchev–Trinajstić information content (AvgIpc) is 2.41. The second kappa shape index (κ2) is 6.32. The van der Waals surface area contributed by atoms with Crippen LogP contribution in [0.1, 0.15) is 0 Å². The predicted octanol–water partition coefficient (Wildman–Crippen LogP) is 2.51. The van der Waals surface area contributed by atoms with Gasteiger partial charge in [0.05, 0.1) is 10.7 Å². The van der Waals surface area contributed by atoms with Crippen LogP contribution < -0.4 is 5.32 Å². The zero-order chi connectivity index (χ0) is 14.7. The predicted molar refractivity (Wildman–Crippen MR) is 75.9 cm³/mol. The van der Waals surface area contributed by atoms with Crippen LogP contribution in [0.5, 0.6) is 0 Å². The van der Waals surface area contributed by atoms with E-state index in [1.807, 2.05) is 0 Å².